The third kappa shape index (κ3) is 2.62. The number of aryl methyl sites for hydroxylation is 1. The molecule has 144 valence electrons. The maximum atomic E-state index is 13.0. The van der Waals surface area contributed by atoms with Crippen LogP contribution in [0.5, 0.6) is 0 Å². The first kappa shape index (κ1) is 17.9. The zero-order valence-electron chi connectivity index (χ0n) is 16.5. The minimum atomic E-state index is -0.0910. The lowest BCUT2D eigenvalue weighted by Gasteiger charge is -2.03. The third-order valence-electron chi connectivity index (χ3n) is 5.49. The molecule has 0 N–H and O–H groups in total. The summed E-state index contributed by atoms with van der Waals surface area (Å²) in [5.74, 6) is 0.486. The third-order valence-corrected chi connectivity index (χ3v) is 5.49. The molecule has 5 heteroatoms. The summed E-state index contributed by atoms with van der Waals surface area (Å²) in [7, 11) is 1.97. The number of nitriles is 1. The van der Waals surface area contributed by atoms with Crippen molar-refractivity contribution in [1.82, 2.24) is 9.55 Å². The number of ketones is 1. The minimum absolute atomic E-state index is 0.0910. The van der Waals surface area contributed by atoms with Gasteiger partial charge in [-0.05, 0) is 30.7 Å². The summed E-state index contributed by atoms with van der Waals surface area (Å²) in [6.45, 7) is 1.73. The first-order valence-corrected chi connectivity index (χ1v) is 9.55. The van der Waals surface area contributed by atoms with Gasteiger partial charge in [-0.1, -0.05) is 24.3 Å². The van der Waals surface area contributed by atoms with Gasteiger partial charge in [0.05, 0.1) is 17.3 Å². The first-order valence-electron chi connectivity index (χ1n) is 9.55. The van der Waals surface area contributed by atoms with Gasteiger partial charge in [-0.3, -0.25) is 9.78 Å². The van der Waals surface area contributed by atoms with Gasteiger partial charge in [0, 0.05) is 59.4 Å². The number of carbonyl (C=O) groups excluding carboxylic acids is 1. The van der Waals surface area contributed by atoms with Crippen molar-refractivity contribution in [2.75, 3.05) is 0 Å². The second kappa shape index (κ2) is 6.71. The predicted octanol–water partition coefficient (Wildman–Crippen LogP) is 5.41. The molecule has 0 radical (unpaired) electrons. The Balaban J connectivity index is 1.63. The van der Waals surface area contributed by atoms with Gasteiger partial charge in [-0.25, -0.2) is 0 Å². The van der Waals surface area contributed by atoms with Crippen LogP contribution in [0.3, 0.4) is 0 Å². The summed E-state index contributed by atoms with van der Waals surface area (Å²) in [4.78, 5) is 17.2. The number of fused-ring (bicyclic) bond motifs is 2. The Labute approximate surface area is 173 Å². The van der Waals surface area contributed by atoms with Crippen LogP contribution >= 0.6 is 0 Å². The van der Waals surface area contributed by atoms with E-state index >= 15 is 0 Å². The largest absolute Gasteiger partial charge is 0.455 e. The van der Waals surface area contributed by atoms with E-state index < -0.39 is 0 Å². The Morgan fingerprint density at radius 3 is 2.67 bits per heavy atom. The van der Waals surface area contributed by atoms with Gasteiger partial charge in [0.25, 0.3) is 0 Å². The van der Waals surface area contributed by atoms with E-state index in [1.54, 1.807) is 25.3 Å². The fourth-order valence-corrected chi connectivity index (χ4v) is 4.04. The molecule has 0 atom stereocenters. The van der Waals surface area contributed by atoms with Crippen molar-refractivity contribution < 1.29 is 9.21 Å². The molecule has 5 rings (SSSR count). The topological polar surface area (TPSA) is 71.8 Å². The summed E-state index contributed by atoms with van der Waals surface area (Å²) < 4.78 is 8.09. The van der Waals surface area contributed by atoms with Crippen LogP contribution in [0.2, 0.25) is 0 Å². The van der Waals surface area contributed by atoms with Gasteiger partial charge in [0.1, 0.15) is 5.76 Å². The summed E-state index contributed by atoms with van der Waals surface area (Å²) >= 11 is 0. The number of pyridine rings is 1. The Morgan fingerprint density at radius 2 is 1.97 bits per heavy atom. The maximum Gasteiger partial charge on any atom is 0.194 e. The van der Waals surface area contributed by atoms with Crippen molar-refractivity contribution >= 4 is 28.5 Å². The molecule has 0 amide bonds. The molecule has 1 aromatic carbocycles. The Bertz CT molecular complexity index is 1430. The van der Waals surface area contributed by atoms with Gasteiger partial charge < -0.3 is 8.98 Å². The number of benzene rings is 1. The fourth-order valence-electron chi connectivity index (χ4n) is 4.04. The summed E-state index contributed by atoms with van der Waals surface area (Å²) in [5, 5.41) is 9.47. The van der Waals surface area contributed by atoms with Crippen molar-refractivity contribution in [2.24, 2.45) is 7.05 Å². The zero-order chi connectivity index (χ0) is 20.8. The molecular weight excluding hydrogens is 374 g/mol. The molecule has 0 aliphatic heterocycles. The van der Waals surface area contributed by atoms with E-state index in [0.717, 1.165) is 27.9 Å². The van der Waals surface area contributed by atoms with E-state index in [4.69, 9.17) is 4.42 Å². The number of hydrogen-bond donors (Lipinski definition) is 0. The molecule has 0 fully saturated rings. The summed E-state index contributed by atoms with van der Waals surface area (Å²) in [6, 6.07) is 17.3. The van der Waals surface area contributed by atoms with Gasteiger partial charge in [0.2, 0.25) is 0 Å². The van der Waals surface area contributed by atoms with E-state index in [1.807, 2.05) is 60.3 Å². The average molecular weight is 391 g/mol. The molecular formula is C25H17N3O2. The van der Waals surface area contributed by atoms with E-state index in [-0.39, 0.29) is 5.78 Å². The van der Waals surface area contributed by atoms with Crippen LogP contribution in [0.1, 0.15) is 28.6 Å². The van der Waals surface area contributed by atoms with E-state index in [1.165, 1.54) is 0 Å². The monoisotopic (exact) mass is 391 g/mol. The lowest BCUT2D eigenvalue weighted by molar-refractivity contribution is 0.104. The van der Waals surface area contributed by atoms with Crippen LogP contribution in [0.4, 0.5) is 0 Å². The number of Topliss-reactive ketones (excluding diaryl/α,β-unsaturated/α-hetero) is 1. The Kier molecular flexibility index (Phi) is 4.00. The van der Waals surface area contributed by atoms with E-state index in [9.17, 15) is 10.1 Å². The molecule has 4 aromatic rings. The summed E-state index contributed by atoms with van der Waals surface area (Å²) in [6.07, 6.45) is 5.29. The number of rotatable bonds is 2. The van der Waals surface area contributed by atoms with Crippen LogP contribution in [-0.2, 0) is 7.05 Å². The number of nitrogens with zero attached hydrogens (tertiary/aromatic N) is 3. The number of aromatic nitrogens is 2. The van der Waals surface area contributed by atoms with Gasteiger partial charge in [-0.15, -0.1) is 0 Å². The highest BCUT2D eigenvalue weighted by molar-refractivity contribution is 6.29. The Morgan fingerprint density at radius 1 is 1.17 bits per heavy atom. The van der Waals surface area contributed by atoms with Crippen LogP contribution < -0.4 is 0 Å². The van der Waals surface area contributed by atoms with Crippen molar-refractivity contribution in [2.45, 2.75) is 6.92 Å². The van der Waals surface area contributed by atoms with Crippen molar-refractivity contribution in [3.8, 4) is 17.3 Å². The van der Waals surface area contributed by atoms with Gasteiger partial charge in [-0.2, -0.15) is 5.26 Å². The van der Waals surface area contributed by atoms with E-state index in [2.05, 4.69) is 11.1 Å². The second-order valence-electron chi connectivity index (χ2n) is 7.27. The molecule has 0 unspecified atom stereocenters. The van der Waals surface area contributed by atoms with Gasteiger partial charge in [0.15, 0.2) is 11.4 Å². The fraction of sp³-hybridized carbons (Fsp3) is 0.0800. The second-order valence-corrected chi connectivity index (χ2v) is 7.27. The normalized spacial score (nSPS) is 16.2. The maximum absolute atomic E-state index is 13.0. The SMILES string of the molecule is CC(C#N)=C1/C(=C/c2cc3c(cc(-c4cccnc4)n3C)o2)C(=O)c2ccccc21. The smallest absolute Gasteiger partial charge is 0.194 e. The average Bonchev–Trinajstić information content (AvgIpc) is 3.40. The summed E-state index contributed by atoms with van der Waals surface area (Å²) in [5.41, 5.74) is 6.74. The lowest BCUT2D eigenvalue weighted by Crippen LogP contribution is -1.95. The number of furan rings is 1. The van der Waals surface area contributed by atoms with Crippen LogP contribution in [0, 0.1) is 11.3 Å². The highest BCUT2D eigenvalue weighted by atomic mass is 16.3. The molecule has 30 heavy (non-hydrogen) atoms. The molecule has 1 aliphatic rings. The van der Waals surface area contributed by atoms with Crippen LogP contribution in [-0.4, -0.2) is 15.3 Å². The molecule has 0 spiro atoms. The zero-order valence-corrected chi connectivity index (χ0v) is 16.5. The molecule has 0 bridgehead atoms. The predicted molar refractivity (Wildman–Crippen MR) is 115 cm³/mol. The molecule has 3 heterocycles. The molecule has 3 aromatic heterocycles. The van der Waals surface area contributed by atoms with Crippen molar-refractivity contribution in [3.63, 3.8) is 0 Å². The van der Waals surface area contributed by atoms with Crippen LogP contribution in [0.25, 0.3) is 34.0 Å². The van der Waals surface area contributed by atoms with Crippen molar-refractivity contribution in [3.05, 3.63) is 89.0 Å². The molecule has 1 aliphatic carbocycles. The van der Waals surface area contributed by atoms with Gasteiger partial charge >= 0.3 is 0 Å². The molecule has 5 nitrogen and oxygen atoms in total. The minimum Gasteiger partial charge on any atom is -0.455 e. The van der Waals surface area contributed by atoms with E-state index in [0.29, 0.717) is 28.0 Å². The highest BCUT2D eigenvalue weighted by Crippen LogP contribution is 2.40. The van der Waals surface area contributed by atoms with Crippen LogP contribution in [0.15, 0.2) is 76.5 Å². The highest BCUT2D eigenvalue weighted by Gasteiger charge is 2.31. The number of carbonyl (C=O) groups is 1. The molecule has 0 saturated carbocycles. The Hall–Kier alpha value is -4.17. The standard InChI is InChI=1S/C25H17N3O2/c1-15(13-26)24-18-7-3-4-8-19(18)25(29)20(24)10-17-11-22-23(30-17)12-21(28(22)2)16-6-5-9-27-14-16/h3-12,14H,1-2H3/b20-10-,24-15?. The lowest BCUT2D eigenvalue weighted by atomic mass is 9.99. The number of hydrogen-bond acceptors (Lipinski definition) is 4. The van der Waals surface area contributed by atoms with Crippen molar-refractivity contribution in [1.29, 1.82) is 5.26 Å². The first-order chi connectivity index (χ1) is 14.6. The number of allylic oxidation sites excluding steroid dienone is 3. The quantitative estimate of drug-likeness (QED) is 0.338. The molecule has 0 saturated heterocycles.